The fraction of sp³-hybridized carbons (Fsp3) is 0.625. The molecule has 1 heterocycles. The summed E-state index contributed by atoms with van der Waals surface area (Å²) in [7, 11) is 1.62. The van der Waals surface area contributed by atoms with Crippen LogP contribution in [-0.2, 0) is 0 Å². The number of hydrogen-bond donors (Lipinski definition) is 1. The van der Waals surface area contributed by atoms with Gasteiger partial charge in [-0.15, -0.1) is 0 Å². The molecule has 2 aliphatic rings. The molecule has 3 nitrogen and oxygen atoms in total. The number of nitrogens with one attached hydrogen (secondary N) is 1. The Hall–Kier alpha value is -1.29. The van der Waals surface area contributed by atoms with Crippen LogP contribution < -0.4 is 15.0 Å². The third-order valence-electron chi connectivity index (χ3n) is 4.80. The molecule has 1 atom stereocenters. The third-order valence-corrected chi connectivity index (χ3v) is 4.80. The lowest BCUT2D eigenvalue weighted by molar-refractivity contribution is 0.275. The number of piperazine rings is 1. The summed E-state index contributed by atoms with van der Waals surface area (Å²) in [5, 5.41) is 3.70. The molecule has 1 aliphatic carbocycles. The Morgan fingerprint density at radius 2 is 2.10 bits per heavy atom. The largest absolute Gasteiger partial charge is 0.497 e. The number of rotatable bonds is 2. The maximum absolute atomic E-state index is 14.2. The van der Waals surface area contributed by atoms with Gasteiger partial charge < -0.3 is 15.0 Å². The Balaban J connectivity index is 1.90. The molecule has 0 bridgehead atoms. The molecule has 4 heteroatoms. The SMILES string of the molecule is COc1ccc(F)c(N2CC3(CCCC3)NCC2C)c1. The van der Waals surface area contributed by atoms with Crippen molar-refractivity contribution in [1.82, 2.24) is 5.32 Å². The molecule has 1 spiro atoms. The average Bonchev–Trinajstić information content (AvgIpc) is 2.91. The maximum Gasteiger partial charge on any atom is 0.146 e. The number of anilines is 1. The molecule has 1 N–H and O–H groups in total. The van der Waals surface area contributed by atoms with Gasteiger partial charge >= 0.3 is 0 Å². The number of nitrogens with zero attached hydrogens (tertiary/aromatic N) is 1. The van der Waals surface area contributed by atoms with E-state index in [2.05, 4.69) is 17.1 Å². The summed E-state index contributed by atoms with van der Waals surface area (Å²) in [6.07, 6.45) is 4.94. The number of methoxy groups -OCH3 is 1. The third kappa shape index (κ3) is 2.37. The van der Waals surface area contributed by atoms with E-state index in [0.29, 0.717) is 17.5 Å². The number of ether oxygens (including phenoxy) is 1. The second kappa shape index (κ2) is 5.24. The van der Waals surface area contributed by atoms with Crippen LogP contribution in [0.1, 0.15) is 32.6 Å². The first-order valence-corrected chi connectivity index (χ1v) is 7.49. The van der Waals surface area contributed by atoms with Crippen molar-refractivity contribution in [2.45, 2.75) is 44.2 Å². The van der Waals surface area contributed by atoms with E-state index in [1.807, 2.05) is 6.07 Å². The Bertz CT molecular complexity index is 485. The lowest BCUT2D eigenvalue weighted by Gasteiger charge is -2.46. The van der Waals surface area contributed by atoms with Gasteiger partial charge in [-0.25, -0.2) is 4.39 Å². The van der Waals surface area contributed by atoms with E-state index in [9.17, 15) is 4.39 Å². The van der Waals surface area contributed by atoms with Gasteiger partial charge in [0, 0.05) is 30.7 Å². The lowest BCUT2D eigenvalue weighted by atomic mass is 9.92. The van der Waals surface area contributed by atoms with Crippen LogP contribution in [0.25, 0.3) is 0 Å². The molecule has 0 radical (unpaired) electrons. The molecule has 1 aromatic rings. The van der Waals surface area contributed by atoms with Crippen LogP contribution in [0.3, 0.4) is 0 Å². The van der Waals surface area contributed by atoms with Gasteiger partial charge in [-0.2, -0.15) is 0 Å². The zero-order valence-electron chi connectivity index (χ0n) is 12.3. The summed E-state index contributed by atoms with van der Waals surface area (Å²) in [6, 6.07) is 5.30. The van der Waals surface area contributed by atoms with Crippen molar-refractivity contribution in [3.8, 4) is 5.75 Å². The van der Waals surface area contributed by atoms with Crippen LogP contribution >= 0.6 is 0 Å². The molecule has 1 aromatic carbocycles. The molecule has 1 aliphatic heterocycles. The van der Waals surface area contributed by atoms with E-state index in [4.69, 9.17) is 4.74 Å². The van der Waals surface area contributed by atoms with Crippen molar-refractivity contribution in [3.63, 3.8) is 0 Å². The van der Waals surface area contributed by atoms with E-state index in [1.165, 1.54) is 31.7 Å². The van der Waals surface area contributed by atoms with Gasteiger partial charge in [0.2, 0.25) is 0 Å². The molecular weight excluding hydrogens is 255 g/mol. The molecule has 1 saturated heterocycles. The highest BCUT2D eigenvalue weighted by Gasteiger charge is 2.40. The first kappa shape index (κ1) is 13.7. The van der Waals surface area contributed by atoms with E-state index in [0.717, 1.165) is 13.1 Å². The standard InChI is InChI=1S/C16H23FN2O/c1-12-10-18-16(7-3-4-8-16)11-19(12)15-9-13(20-2)5-6-14(15)17/h5-6,9,12,18H,3-4,7-8,10-11H2,1-2H3. The molecular formula is C16H23FN2O. The average molecular weight is 278 g/mol. The molecule has 110 valence electrons. The van der Waals surface area contributed by atoms with Gasteiger partial charge in [-0.3, -0.25) is 0 Å². The van der Waals surface area contributed by atoms with Crippen molar-refractivity contribution >= 4 is 5.69 Å². The monoisotopic (exact) mass is 278 g/mol. The number of hydrogen-bond acceptors (Lipinski definition) is 3. The fourth-order valence-electron chi connectivity index (χ4n) is 3.56. The normalized spacial score (nSPS) is 25.1. The summed E-state index contributed by atoms with van der Waals surface area (Å²) >= 11 is 0. The van der Waals surface area contributed by atoms with Crippen LogP contribution in [0, 0.1) is 5.82 Å². The predicted octanol–water partition coefficient (Wildman–Crippen LogP) is 2.95. The van der Waals surface area contributed by atoms with Crippen molar-refractivity contribution < 1.29 is 9.13 Å². The summed E-state index contributed by atoms with van der Waals surface area (Å²) in [4.78, 5) is 2.21. The second-order valence-corrected chi connectivity index (χ2v) is 6.16. The van der Waals surface area contributed by atoms with Crippen molar-refractivity contribution in [1.29, 1.82) is 0 Å². The first-order valence-electron chi connectivity index (χ1n) is 7.49. The van der Waals surface area contributed by atoms with Crippen LogP contribution in [0.2, 0.25) is 0 Å². The van der Waals surface area contributed by atoms with Crippen molar-refractivity contribution in [3.05, 3.63) is 24.0 Å². The molecule has 3 rings (SSSR count). The van der Waals surface area contributed by atoms with E-state index in [1.54, 1.807) is 13.2 Å². The zero-order chi connectivity index (χ0) is 14.2. The predicted molar refractivity (Wildman–Crippen MR) is 79.0 cm³/mol. The molecule has 2 fully saturated rings. The molecule has 0 amide bonds. The van der Waals surface area contributed by atoms with Crippen molar-refractivity contribution in [2.24, 2.45) is 0 Å². The van der Waals surface area contributed by atoms with Gasteiger partial charge in [0.1, 0.15) is 11.6 Å². The van der Waals surface area contributed by atoms with Gasteiger partial charge in [-0.1, -0.05) is 12.8 Å². The summed E-state index contributed by atoms with van der Waals surface area (Å²) in [5.74, 6) is 0.556. The molecule has 20 heavy (non-hydrogen) atoms. The smallest absolute Gasteiger partial charge is 0.146 e. The first-order chi connectivity index (χ1) is 9.63. The van der Waals surface area contributed by atoms with E-state index >= 15 is 0 Å². The summed E-state index contributed by atoms with van der Waals surface area (Å²) in [5.41, 5.74) is 0.854. The number of benzene rings is 1. The second-order valence-electron chi connectivity index (χ2n) is 6.16. The van der Waals surface area contributed by atoms with Crippen molar-refractivity contribution in [2.75, 3.05) is 25.1 Å². The molecule has 0 aromatic heterocycles. The van der Waals surface area contributed by atoms with Gasteiger partial charge in [0.05, 0.1) is 12.8 Å². The minimum absolute atomic E-state index is 0.160. The fourth-order valence-corrected chi connectivity index (χ4v) is 3.56. The Morgan fingerprint density at radius 1 is 1.35 bits per heavy atom. The topological polar surface area (TPSA) is 24.5 Å². The van der Waals surface area contributed by atoms with Gasteiger partial charge in [0.15, 0.2) is 0 Å². The van der Waals surface area contributed by atoms with Crippen LogP contribution in [0.4, 0.5) is 10.1 Å². The highest BCUT2D eigenvalue weighted by Crippen LogP contribution is 2.36. The summed E-state index contributed by atoms with van der Waals surface area (Å²) < 4.78 is 19.5. The van der Waals surface area contributed by atoms with E-state index < -0.39 is 0 Å². The quantitative estimate of drug-likeness (QED) is 0.900. The summed E-state index contributed by atoms with van der Waals surface area (Å²) in [6.45, 7) is 3.95. The van der Waals surface area contributed by atoms with E-state index in [-0.39, 0.29) is 11.4 Å². The molecule has 1 saturated carbocycles. The minimum atomic E-state index is -0.160. The van der Waals surface area contributed by atoms with Crippen LogP contribution in [0.15, 0.2) is 18.2 Å². The Morgan fingerprint density at radius 3 is 2.80 bits per heavy atom. The zero-order valence-corrected chi connectivity index (χ0v) is 12.3. The Labute approximate surface area is 120 Å². The highest BCUT2D eigenvalue weighted by molar-refractivity contribution is 5.54. The molecule has 1 unspecified atom stereocenters. The van der Waals surface area contributed by atoms with Gasteiger partial charge in [-0.05, 0) is 31.9 Å². The van der Waals surface area contributed by atoms with Gasteiger partial charge in [0.25, 0.3) is 0 Å². The van der Waals surface area contributed by atoms with Crippen LogP contribution in [0.5, 0.6) is 5.75 Å². The minimum Gasteiger partial charge on any atom is -0.497 e. The lowest BCUT2D eigenvalue weighted by Crippen LogP contribution is -2.62. The highest BCUT2D eigenvalue weighted by atomic mass is 19.1. The Kier molecular flexibility index (Phi) is 3.59. The van der Waals surface area contributed by atoms with Crippen LogP contribution in [-0.4, -0.2) is 31.8 Å². The number of halogens is 1. The maximum atomic E-state index is 14.2.